The second kappa shape index (κ2) is 9.52. The van der Waals surface area contributed by atoms with E-state index in [1.807, 2.05) is 30.3 Å². The van der Waals surface area contributed by atoms with Gasteiger partial charge >= 0.3 is 5.97 Å². The van der Waals surface area contributed by atoms with E-state index in [9.17, 15) is 4.79 Å². The lowest BCUT2D eigenvalue weighted by Crippen LogP contribution is -2.30. The molecule has 1 heterocycles. The van der Waals surface area contributed by atoms with Crippen LogP contribution in [0.15, 0.2) is 35.3 Å². The van der Waals surface area contributed by atoms with Crippen LogP contribution in [0.3, 0.4) is 0 Å². The van der Waals surface area contributed by atoms with Gasteiger partial charge < -0.3 is 23.7 Å². The number of rotatable bonds is 8. The number of esters is 1. The highest BCUT2D eigenvalue weighted by Gasteiger charge is 2.29. The summed E-state index contributed by atoms with van der Waals surface area (Å²) in [7, 11) is 6.39. The van der Waals surface area contributed by atoms with Crippen LogP contribution in [-0.2, 0) is 22.4 Å². The molecule has 0 amide bonds. The van der Waals surface area contributed by atoms with Gasteiger partial charge in [0.05, 0.1) is 35.0 Å². The van der Waals surface area contributed by atoms with E-state index in [2.05, 4.69) is 0 Å². The molecule has 0 aromatic heterocycles. The summed E-state index contributed by atoms with van der Waals surface area (Å²) in [6, 6.07) is 8.95. The number of hydrogen-bond donors (Lipinski definition) is 0. The highest BCUT2D eigenvalue weighted by Crippen LogP contribution is 2.35. The van der Waals surface area contributed by atoms with Crippen LogP contribution >= 0.6 is 0 Å². The number of methoxy groups -OCH3 is 4. The molecule has 0 saturated heterocycles. The van der Waals surface area contributed by atoms with Crippen molar-refractivity contribution in [2.24, 2.45) is 4.99 Å². The van der Waals surface area contributed by atoms with Crippen molar-refractivity contribution in [1.29, 1.82) is 0 Å². The third-order valence-electron chi connectivity index (χ3n) is 5.02. The van der Waals surface area contributed by atoms with Crippen LogP contribution in [0.2, 0.25) is 0 Å². The highest BCUT2D eigenvalue weighted by molar-refractivity contribution is 6.06. The average Bonchev–Trinajstić information content (AvgIpc) is 2.77. The Bertz CT molecular complexity index is 953. The molecule has 0 aliphatic carbocycles. The van der Waals surface area contributed by atoms with Gasteiger partial charge in [0, 0.05) is 24.1 Å². The van der Waals surface area contributed by atoms with Crippen LogP contribution in [0.5, 0.6) is 23.0 Å². The maximum atomic E-state index is 12.4. The SMILES string of the molecule is CCOC(=O)[C@H]1Cc2cc(OC)c(OC)cc2C(Cc2ccc(OC)c(OC)c2)=N1. The first-order valence-electron chi connectivity index (χ1n) is 9.74. The minimum atomic E-state index is -0.592. The minimum Gasteiger partial charge on any atom is -0.493 e. The van der Waals surface area contributed by atoms with Crippen molar-refractivity contribution in [3.05, 3.63) is 47.0 Å². The second-order valence-electron chi connectivity index (χ2n) is 6.78. The molecule has 7 nitrogen and oxygen atoms in total. The summed E-state index contributed by atoms with van der Waals surface area (Å²) < 4.78 is 26.9. The fourth-order valence-corrected chi connectivity index (χ4v) is 3.57. The molecule has 160 valence electrons. The number of benzene rings is 2. The van der Waals surface area contributed by atoms with Crippen LogP contribution in [0, 0.1) is 0 Å². The molecule has 0 bridgehead atoms. The molecule has 3 rings (SSSR count). The lowest BCUT2D eigenvalue weighted by molar-refractivity contribution is -0.144. The van der Waals surface area contributed by atoms with Gasteiger partial charge in [0.15, 0.2) is 29.0 Å². The van der Waals surface area contributed by atoms with Crippen molar-refractivity contribution in [3.8, 4) is 23.0 Å². The molecule has 0 N–H and O–H groups in total. The molecule has 0 spiro atoms. The number of carbonyl (C=O) groups excluding carboxylic acids is 1. The number of hydrogen-bond acceptors (Lipinski definition) is 7. The lowest BCUT2D eigenvalue weighted by atomic mass is 9.90. The quantitative estimate of drug-likeness (QED) is 0.619. The van der Waals surface area contributed by atoms with Gasteiger partial charge in [-0.2, -0.15) is 0 Å². The summed E-state index contributed by atoms with van der Waals surface area (Å²) in [6.07, 6.45) is 0.961. The van der Waals surface area contributed by atoms with Crippen LogP contribution in [0.4, 0.5) is 0 Å². The summed E-state index contributed by atoms with van der Waals surface area (Å²) in [5, 5.41) is 0. The highest BCUT2D eigenvalue weighted by atomic mass is 16.5. The lowest BCUT2D eigenvalue weighted by Gasteiger charge is -2.24. The third kappa shape index (κ3) is 4.35. The Morgan fingerprint density at radius 2 is 1.57 bits per heavy atom. The fourth-order valence-electron chi connectivity index (χ4n) is 3.57. The summed E-state index contributed by atoms with van der Waals surface area (Å²) >= 11 is 0. The molecule has 0 radical (unpaired) electrons. The average molecular weight is 413 g/mol. The molecular formula is C23H27NO6. The van der Waals surface area contributed by atoms with Crippen LogP contribution in [0.25, 0.3) is 0 Å². The second-order valence-corrected chi connectivity index (χ2v) is 6.78. The first-order chi connectivity index (χ1) is 14.5. The maximum Gasteiger partial charge on any atom is 0.331 e. The van der Waals surface area contributed by atoms with E-state index in [1.54, 1.807) is 35.4 Å². The summed E-state index contributed by atoms with van der Waals surface area (Å²) in [5.41, 5.74) is 3.67. The molecular weight excluding hydrogens is 386 g/mol. The van der Waals surface area contributed by atoms with Gasteiger partial charge in [-0.1, -0.05) is 6.07 Å². The van der Waals surface area contributed by atoms with Gasteiger partial charge in [0.2, 0.25) is 0 Å². The smallest absolute Gasteiger partial charge is 0.331 e. The van der Waals surface area contributed by atoms with E-state index in [4.69, 9.17) is 28.7 Å². The largest absolute Gasteiger partial charge is 0.493 e. The monoisotopic (exact) mass is 413 g/mol. The van der Waals surface area contributed by atoms with Crippen molar-refractivity contribution < 1.29 is 28.5 Å². The van der Waals surface area contributed by atoms with E-state index in [1.165, 1.54) is 0 Å². The van der Waals surface area contributed by atoms with Crippen molar-refractivity contribution in [3.63, 3.8) is 0 Å². The summed E-state index contributed by atoms with van der Waals surface area (Å²) in [6.45, 7) is 2.10. The molecule has 2 aromatic carbocycles. The summed E-state index contributed by atoms with van der Waals surface area (Å²) in [4.78, 5) is 17.2. The van der Waals surface area contributed by atoms with E-state index in [0.29, 0.717) is 42.4 Å². The van der Waals surface area contributed by atoms with Crippen LogP contribution in [-0.4, -0.2) is 52.8 Å². The Morgan fingerprint density at radius 3 is 2.20 bits per heavy atom. The van der Waals surface area contributed by atoms with E-state index < -0.39 is 6.04 Å². The first kappa shape index (κ1) is 21.5. The standard InChI is InChI=1S/C23H27NO6/c1-6-30-23(25)18-11-15-12-21(28-4)22(29-5)13-16(15)17(24-18)9-14-7-8-19(26-2)20(10-14)27-3/h7-8,10,12-13,18H,6,9,11H2,1-5H3/t18-/m1/s1. The molecule has 0 saturated carbocycles. The molecule has 0 unspecified atom stereocenters. The topological polar surface area (TPSA) is 75.6 Å². The van der Waals surface area contributed by atoms with Crippen LogP contribution in [0.1, 0.15) is 23.6 Å². The van der Waals surface area contributed by atoms with Gasteiger partial charge in [-0.15, -0.1) is 0 Å². The predicted octanol–water partition coefficient (Wildman–Crippen LogP) is 3.24. The Labute approximate surface area is 176 Å². The van der Waals surface area contributed by atoms with Gasteiger partial charge in [-0.05, 0) is 42.3 Å². The first-order valence-corrected chi connectivity index (χ1v) is 9.74. The maximum absolute atomic E-state index is 12.4. The molecule has 30 heavy (non-hydrogen) atoms. The number of nitrogens with zero attached hydrogens (tertiary/aromatic N) is 1. The minimum absolute atomic E-state index is 0.314. The zero-order valence-corrected chi connectivity index (χ0v) is 18.0. The van der Waals surface area contributed by atoms with Crippen molar-refractivity contribution in [1.82, 2.24) is 0 Å². The van der Waals surface area contributed by atoms with E-state index in [-0.39, 0.29) is 5.97 Å². The van der Waals surface area contributed by atoms with E-state index in [0.717, 1.165) is 22.4 Å². The molecule has 2 aromatic rings. The molecule has 1 aliphatic rings. The Hall–Kier alpha value is -3.22. The number of ether oxygens (including phenoxy) is 5. The Balaban J connectivity index is 2.04. The summed E-state index contributed by atoms with van der Waals surface area (Å²) in [5.74, 6) is 2.20. The number of fused-ring (bicyclic) bond motifs is 1. The molecule has 0 fully saturated rings. The van der Waals surface area contributed by atoms with Crippen molar-refractivity contribution in [2.75, 3.05) is 35.0 Å². The van der Waals surface area contributed by atoms with Crippen molar-refractivity contribution in [2.45, 2.75) is 25.8 Å². The van der Waals surface area contributed by atoms with Gasteiger partial charge in [-0.25, -0.2) is 4.79 Å². The predicted molar refractivity (Wildman–Crippen MR) is 113 cm³/mol. The number of aliphatic imine (C=N–C) groups is 1. The number of carbonyl (C=O) groups is 1. The van der Waals surface area contributed by atoms with Gasteiger partial charge in [-0.3, -0.25) is 4.99 Å². The zero-order chi connectivity index (χ0) is 21.7. The molecule has 1 atom stereocenters. The fraction of sp³-hybridized carbons (Fsp3) is 0.391. The van der Waals surface area contributed by atoms with Gasteiger partial charge in [0.1, 0.15) is 0 Å². The van der Waals surface area contributed by atoms with Crippen molar-refractivity contribution >= 4 is 11.7 Å². The van der Waals surface area contributed by atoms with E-state index >= 15 is 0 Å². The third-order valence-corrected chi connectivity index (χ3v) is 5.02. The molecule has 7 heteroatoms. The molecule has 1 aliphatic heterocycles. The zero-order valence-electron chi connectivity index (χ0n) is 18.0. The van der Waals surface area contributed by atoms with Crippen LogP contribution < -0.4 is 18.9 Å². The van der Waals surface area contributed by atoms with Gasteiger partial charge in [0.25, 0.3) is 0 Å². The Morgan fingerprint density at radius 1 is 0.933 bits per heavy atom. The Kier molecular flexibility index (Phi) is 6.82. The normalized spacial score (nSPS) is 15.0.